The Hall–Kier alpha value is -1.22. The second kappa shape index (κ2) is 4.34. The number of hydrogen-bond donors (Lipinski definition) is 0. The topological polar surface area (TPSA) is 25.8 Å². The fraction of sp³-hybridized carbons (Fsp3) is 0. The van der Waals surface area contributed by atoms with Gasteiger partial charge in [0.1, 0.15) is 0 Å². The molecule has 0 amide bonds. The van der Waals surface area contributed by atoms with Gasteiger partial charge in [-0.1, -0.05) is 0 Å². The standard InChI is InChI=1S/C12H8N2SSe/c1-2-5-9(6-3-1)11-13-14-12(16-11)10-7-4-8-15-10/h1-8H. The van der Waals surface area contributed by atoms with E-state index in [1.54, 1.807) is 11.3 Å². The van der Waals surface area contributed by atoms with Gasteiger partial charge in [-0.25, -0.2) is 0 Å². The van der Waals surface area contributed by atoms with Crippen molar-refractivity contribution in [3.8, 4) is 19.6 Å². The predicted octanol–water partition coefficient (Wildman–Crippen LogP) is 2.93. The van der Waals surface area contributed by atoms with E-state index in [1.165, 1.54) is 10.4 Å². The molecule has 4 heteroatoms. The molecule has 2 aromatic heterocycles. The first-order chi connectivity index (χ1) is 7.93. The summed E-state index contributed by atoms with van der Waals surface area (Å²) < 4.78 is 2.26. The fourth-order valence-electron chi connectivity index (χ4n) is 1.42. The second-order valence-corrected chi connectivity index (χ2v) is 6.25. The van der Waals surface area contributed by atoms with Gasteiger partial charge in [-0.2, -0.15) is 0 Å². The monoisotopic (exact) mass is 292 g/mol. The maximum absolute atomic E-state index is 4.28. The molecule has 0 aliphatic heterocycles. The van der Waals surface area contributed by atoms with E-state index < -0.39 is 0 Å². The molecular weight excluding hydrogens is 283 g/mol. The van der Waals surface area contributed by atoms with Crippen molar-refractivity contribution < 1.29 is 0 Å². The van der Waals surface area contributed by atoms with Gasteiger partial charge < -0.3 is 0 Å². The summed E-state index contributed by atoms with van der Waals surface area (Å²) in [6, 6.07) is 14.4. The minimum atomic E-state index is 0.242. The number of rotatable bonds is 2. The third-order valence-corrected chi connectivity index (χ3v) is 5.46. The van der Waals surface area contributed by atoms with Crippen molar-refractivity contribution in [2.45, 2.75) is 0 Å². The van der Waals surface area contributed by atoms with Crippen LogP contribution in [0.3, 0.4) is 0 Å². The Bertz CT molecular complexity index is 572. The van der Waals surface area contributed by atoms with Crippen molar-refractivity contribution in [3.63, 3.8) is 0 Å². The van der Waals surface area contributed by atoms with E-state index in [4.69, 9.17) is 0 Å². The first-order valence-electron chi connectivity index (χ1n) is 4.86. The van der Waals surface area contributed by atoms with Crippen LogP contribution in [0, 0.1) is 0 Å². The average Bonchev–Trinajstić information content (AvgIpc) is 3.01. The maximum atomic E-state index is 4.28. The molecule has 2 nitrogen and oxygen atoms in total. The van der Waals surface area contributed by atoms with Crippen LogP contribution < -0.4 is 0 Å². The molecule has 0 bridgehead atoms. The van der Waals surface area contributed by atoms with Gasteiger partial charge in [-0.05, 0) is 0 Å². The molecule has 3 aromatic rings. The SMILES string of the molecule is c1ccc(-c2nnc(-c3cccs3)[se]2)cc1. The summed E-state index contributed by atoms with van der Waals surface area (Å²) in [5, 5.41) is 10.6. The molecule has 0 fully saturated rings. The Morgan fingerprint density at radius 1 is 0.875 bits per heavy atom. The molecule has 0 N–H and O–H groups in total. The normalized spacial score (nSPS) is 10.5. The zero-order valence-electron chi connectivity index (χ0n) is 8.33. The molecule has 0 atom stereocenters. The van der Waals surface area contributed by atoms with Crippen LogP contribution in [0.25, 0.3) is 19.6 Å². The summed E-state index contributed by atoms with van der Waals surface area (Å²) >= 11 is 1.97. The molecule has 0 saturated carbocycles. The third kappa shape index (κ3) is 1.87. The van der Waals surface area contributed by atoms with E-state index in [0.717, 1.165) is 9.14 Å². The van der Waals surface area contributed by atoms with Crippen LogP contribution in [0.2, 0.25) is 0 Å². The number of nitrogens with zero attached hydrogens (tertiary/aromatic N) is 2. The van der Waals surface area contributed by atoms with Crippen molar-refractivity contribution in [1.82, 2.24) is 10.2 Å². The van der Waals surface area contributed by atoms with E-state index in [-0.39, 0.29) is 14.5 Å². The summed E-state index contributed by atoms with van der Waals surface area (Å²) in [7, 11) is 0. The first-order valence-corrected chi connectivity index (χ1v) is 7.45. The van der Waals surface area contributed by atoms with Crippen molar-refractivity contribution in [1.29, 1.82) is 0 Å². The average molecular weight is 291 g/mol. The summed E-state index contributed by atoms with van der Waals surface area (Å²) in [6.45, 7) is 0. The van der Waals surface area contributed by atoms with Gasteiger partial charge in [-0.15, -0.1) is 0 Å². The van der Waals surface area contributed by atoms with Crippen LogP contribution in [0.1, 0.15) is 0 Å². The Balaban J connectivity index is 2.00. The summed E-state index contributed by atoms with van der Waals surface area (Å²) in [4.78, 5) is 1.25. The second-order valence-electron chi connectivity index (χ2n) is 3.26. The van der Waals surface area contributed by atoms with Gasteiger partial charge in [0.15, 0.2) is 0 Å². The van der Waals surface area contributed by atoms with Crippen LogP contribution in [0.5, 0.6) is 0 Å². The van der Waals surface area contributed by atoms with Crippen molar-refractivity contribution in [3.05, 3.63) is 47.8 Å². The van der Waals surface area contributed by atoms with Crippen LogP contribution in [-0.4, -0.2) is 24.7 Å². The van der Waals surface area contributed by atoms with Gasteiger partial charge in [0.2, 0.25) is 0 Å². The van der Waals surface area contributed by atoms with Crippen molar-refractivity contribution in [2.24, 2.45) is 0 Å². The Morgan fingerprint density at radius 3 is 2.44 bits per heavy atom. The van der Waals surface area contributed by atoms with Gasteiger partial charge in [0.25, 0.3) is 0 Å². The first kappa shape index (κ1) is 9.97. The molecular formula is C12H8N2SSe. The van der Waals surface area contributed by atoms with Crippen LogP contribution in [0.4, 0.5) is 0 Å². The third-order valence-electron chi connectivity index (χ3n) is 2.18. The van der Waals surface area contributed by atoms with E-state index in [0.29, 0.717) is 0 Å². The molecule has 16 heavy (non-hydrogen) atoms. The molecule has 0 aliphatic carbocycles. The van der Waals surface area contributed by atoms with Gasteiger partial charge >= 0.3 is 103 Å². The van der Waals surface area contributed by atoms with E-state index in [2.05, 4.69) is 39.8 Å². The number of aromatic nitrogens is 2. The molecule has 3 rings (SSSR count). The van der Waals surface area contributed by atoms with Crippen LogP contribution in [-0.2, 0) is 0 Å². The number of thiophene rings is 1. The molecule has 78 valence electrons. The Morgan fingerprint density at radius 2 is 1.69 bits per heavy atom. The van der Waals surface area contributed by atoms with E-state index in [1.807, 2.05) is 18.2 Å². The minimum absolute atomic E-state index is 0.242. The molecule has 0 saturated heterocycles. The van der Waals surface area contributed by atoms with Crippen molar-refractivity contribution >= 4 is 25.8 Å². The molecule has 0 aliphatic rings. The van der Waals surface area contributed by atoms with Gasteiger partial charge in [0.05, 0.1) is 0 Å². The zero-order chi connectivity index (χ0) is 10.8. The fourth-order valence-corrected chi connectivity index (χ4v) is 4.16. The summed E-state index contributed by atoms with van der Waals surface area (Å²) in [5.74, 6) is 0. The molecule has 1 aromatic carbocycles. The van der Waals surface area contributed by atoms with E-state index in [9.17, 15) is 0 Å². The van der Waals surface area contributed by atoms with Gasteiger partial charge in [0, 0.05) is 0 Å². The quantitative estimate of drug-likeness (QED) is 0.678. The Kier molecular flexibility index (Phi) is 2.70. The van der Waals surface area contributed by atoms with E-state index >= 15 is 0 Å². The summed E-state index contributed by atoms with van der Waals surface area (Å²) in [6.07, 6.45) is 0. The number of benzene rings is 1. The molecule has 0 unspecified atom stereocenters. The summed E-state index contributed by atoms with van der Waals surface area (Å²) in [5.41, 5.74) is 1.19. The zero-order valence-corrected chi connectivity index (χ0v) is 10.9. The predicted molar refractivity (Wildman–Crippen MR) is 67.7 cm³/mol. The van der Waals surface area contributed by atoms with Crippen LogP contribution >= 0.6 is 11.3 Å². The van der Waals surface area contributed by atoms with Crippen molar-refractivity contribution in [2.75, 3.05) is 0 Å². The van der Waals surface area contributed by atoms with Gasteiger partial charge in [-0.3, -0.25) is 0 Å². The van der Waals surface area contributed by atoms with Crippen LogP contribution in [0.15, 0.2) is 47.8 Å². The molecule has 0 spiro atoms. The molecule has 2 heterocycles. The number of hydrogen-bond acceptors (Lipinski definition) is 3. The Labute approximate surface area is 103 Å². The molecule has 0 radical (unpaired) electrons.